The molecule has 1 N–H and O–H groups in total. The summed E-state index contributed by atoms with van der Waals surface area (Å²) < 4.78 is 27.4. The van der Waals surface area contributed by atoms with Gasteiger partial charge in [0.1, 0.15) is 0 Å². The van der Waals surface area contributed by atoms with Crippen LogP contribution in [0, 0.1) is 0 Å². The molecule has 0 spiro atoms. The van der Waals surface area contributed by atoms with Gasteiger partial charge in [0, 0.05) is 0 Å². The second-order valence-electron chi connectivity index (χ2n) is 4.91. The highest BCUT2D eigenvalue weighted by molar-refractivity contribution is 7.89. The fraction of sp³-hybridized carbons (Fsp3) is 0.200. The summed E-state index contributed by atoms with van der Waals surface area (Å²) in [5, 5.41) is 0. The Kier molecular flexibility index (Phi) is 3.73. The van der Waals surface area contributed by atoms with E-state index in [2.05, 4.69) is 4.72 Å². The van der Waals surface area contributed by atoms with E-state index in [9.17, 15) is 8.42 Å². The summed E-state index contributed by atoms with van der Waals surface area (Å²) in [6.07, 6.45) is 0. The lowest BCUT2D eigenvalue weighted by Gasteiger charge is -2.26. The minimum atomic E-state index is -3.52. The topological polar surface area (TPSA) is 46.2 Å². The molecule has 2 aromatic rings. The lowest BCUT2D eigenvalue weighted by atomic mass is 9.96. The van der Waals surface area contributed by atoms with Gasteiger partial charge in [0.25, 0.3) is 0 Å². The van der Waals surface area contributed by atoms with Crippen LogP contribution in [0.4, 0.5) is 0 Å². The molecular formula is C15H17NO2S. The summed E-state index contributed by atoms with van der Waals surface area (Å²) >= 11 is 0. The van der Waals surface area contributed by atoms with Crippen molar-refractivity contribution < 1.29 is 8.42 Å². The first-order valence-corrected chi connectivity index (χ1v) is 7.55. The summed E-state index contributed by atoms with van der Waals surface area (Å²) in [5.74, 6) is 0. The maximum Gasteiger partial charge on any atom is 0.241 e. The maximum atomic E-state index is 12.3. The van der Waals surface area contributed by atoms with Gasteiger partial charge in [0.15, 0.2) is 0 Å². The standard InChI is InChI=1S/C15H17NO2S/c1-15(2,13-9-5-3-6-10-13)16-19(17,18)14-11-7-4-8-12-14/h3-12,16H,1-2H3/i4+1,7+1,8+1,11+1,12+1,14+1. The second kappa shape index (κ2) is 5.15. The summed E-state index contributed by atoms with van der Waals surface area (Å²) in [4.78, 5) is 0.277. The van der Waals surface area contributed by atoms with Gasteiger partial charge in [-0.1, -0.05) is 48.5 Å². The highest BCUT2D eigenvalue weighted by Gasteiger charge is 2.27. The van der Waals surface area contributed by atoms with Crippen LogP contribution in [0.25, 0.3) is 0 Å². The minimum absolute atomic E-state index is 0.277. The molecular weight excluding hydrogens is 264 g/mol. The maximum absolute atomic E-state index is 12.3. The highest BCUT2D eigenvalue weighted by Crippen LogP contribution is 2.22. The minimum Gasteiger partial charge on any atom is -0.207 e. The van der Waals surface area contributed by atoms with E-state index < -0.39 is 15.6 Å². The van der Waals surface area contributed by atoms with Gasteiger partial charge in [0.2, 0.25) is 10.0 Å². The lowest BCUT2D eigenvalue weighted by molar-refractivity contribution is 0.472. The third-order valence-electron chi connectivity index (χ3n) is 2.94. The molecule has 0 heterocycles. The third-order valence-corrected chi connectivity index (χ3v) is 4.61. The van der Waals surface area contributed by atoms with Crippen molar-refractivity contribution in [3.63, 3.8) is 0 Å². The third kappa shape index (κ3) is 3.22. The van der Waals surface area contributed by atoms with Crippen molar-refractivity contribution in [1.82, 2.24) is 4.72 Å². The van der Waals surface area contributed by atoms with E-state index in [0.29, 0.717) is 0 Å². The molecule has 0 unspecified atom stereocenters. The Morgan fingerprint density at radius 3 is 1.84 bits per heavy atom. The smallest absolute Gasteiger partial charge is 0.207 e. The number of sulfonamides is 1. The molecule has 100 valence electrons. The van der Waals surface area contributed by atoms with Crippen molar-refractivity contribution in [3.8, 4) is 0 Å². The van der Waals surface area contributed by atoms with E-state index in [1.807, 2.05) is 44.2 Å². The van der Waals surface area contributed by atoms with Gasteiger partial charge in [0.05, 0.1) is 10.4 Å². The van der Waals surface area contributed by atoms with E-state index in [1.165, 1.54) is 0 Å². The van der Waals surface area contributed by atoms with Gasteiger partial charge in [-0.2, -0.15) is 0 Å². The molecule has 4 heteroatoms. The quantitative estimate of drug-likeness (QED) is 0.936. The van der Waals surface area contributed by atoms with Gasteiger partial charge in [-0.05, 0) is 31.5 Å². The van der Waals surface area contributed by atoms with Crippen LogP contribution in [0.5, 0.6) is 0 Å². The molecule has 0 saturated heterocycles. The Labute approximate surface area is 114 Å². The Morgan fingerprint density at radius 1 is 0.842 bits per heavy atom. The fourth-order valence-electron chi connectivity index (χ4n) is 1.91. The zero-order valence-electron chi connectivity index (χ0n) is 11.0. The Balaban J connectivity index is 2.31. The van der Waals surface area contributed by atoms with E-state index >= 15 is 0 Å². The molecule has 0 amide bonds. The molecule has 0 radical (unpaired) electrons. The Morgan fingerprint density at radius 2 is 1.32 bits per heavy atom. The average Bonchev–Trinajstić information content (AvgIpc) is 2.40. The van der Waals surface area contributed by atoms with E-state index in [4.69, 9.17) is 0 Å². The molecule has 0 atom stereocenters. The molecule has 0 aliphatic rings. The summed E-state index contributed by atoms with van der Waals surface area (Å²) in [7, 11) is -3.52. The van der Waals surface area contributed by atoms with Crippen LogP contribution < -0.4 is 4.72 Å². The Bertz CT molecular complexity index is 634. The number of nitrogens with one attached hydrogen (secondary N) is 1. The van der Waals surface area contributed by atoms with Gasteiger partial charge >= 0.3 is 0 Å². The molecule has 0 saturated carbocycles. The number of rotatable bonds is 4. The van der Waals surface area contributed by atoms with E-state index in [-0.39, 0.29) is 4.90 Å². The van der Waals surface area contributed by atoms with Crippen LogP contribution in [0.2, 0.25) is 0 Å². The van der Waals surface area contributed by atoms with Crippen LogP contribution in [-0.4, -0.2) is 8.42 Å². The molecule has 2 aromatic carbocycles. The molecule has 3 nitrogen and oxygen atoms in total. The molecule has 2 rings (SSSR count). The van der Waals surface area contributed by atoms with Gasteiger partial charge in [-0.25, -0.2) is 13.1 Å². The van der Waals surface area contributed by atoms with Crippen LogP contribution in [0.15, 0.2) is 65.6 Å². The number of hydrogen-bond donors (Lipinski definition) is 1. The molecule has 0 aliphatic heterocycles. The molecule has 0 bridgehead atoms. The van der Waals surface area contributed by atoms with Crippen molar-refractivity contribution in [2.24, 2.45) is 0 Å². The highest BCUT2D eigenvalue weighted by atomic mass is 32.2. The average molecular weight is 281 g/mol. The van der Waals surface area contributed by atoms with Crippen molar-refractivity contribution in [1.29, 1.82) is 0 Å². The molecule has 19 heavy (non-hydrogen) atoms. The zero-order chi connectivity index (χ0) is 13.9. The van der Waals surface area contributed by atoms with E-state index in [1.54, 1.807) is 30.3 Å². The zero-order valence-corrected chi connectivity index (χ0v) is 11.8. The largest absolute Gasteiger partial charge is 0.241 e. The predicted molar refractivity (Wildman–Crippen MR) is 76.2 cm³/mol. The first kappa shape index (κ1) is 13.8. The van der Waals surface area contributed by atoms with Crippen LogP contribution in [-0.2, 0) is 15.6 Å². The van der Waals surface area contributed by atoms with Crippen molar-refractivity contribution in [2.45, 2.75) is 24.3 Å². The second-order valence-corrected chi connectivity index (χ2v) is 6.59. The summed E-state index contributed by atoms with van der Waals surface area (Å²) in [5.41, 5.74) is 0.269. The van der Waals surface area contributed by atoms with Gasteiger partial charge in [-0.15, -0.1) is 0 Å². The van der Waals surface area contributed by atoms with Crippen molar-refractivity contribution >= 4 is 10.0 Å². The monoisotopic (exact) mass is 281 g/mol. The normalized spacial score (nSPS) is 12.3. The van der Waals surface area contributed by atoms with E-state index in [0.717, 1.165) is 5.56 Å². The van der Waals surface area contributed by atoms with Crippen molar-refractivity contribution in [3.05, 3.63) is 66.2 Å². The molecule has 0 aromatic heterocycles. The van der Waals surface area contributed by atoms with Gasteiger partial charge < -0.3 is 0 Å². The van der Waals surface area contributed by atoms with Crippen LogP contribution >= 0.6 is 0 Å². The van der Waals surface area contributed by atoms with Gasteiger partial charge in [-0.3, -0.25) is 0 Å². The predicted octanol–water partition coefficient (Wildman–Crippen LogP) is 2.90. The SMILES string of the molecule is CC(C)(NS(=O)(=O)[13c]1[13cH][13cH][13cH][13cH][13cH]1)c1ccccc1. The first-order valence-electron chi connectivity index (χ1n) is 6.06. The van der Waals surface area contributed by atoms with Crippen molar-refractivity contribution in [2.75, 3.05) is 0 Å². The summed E-state index contributed by atoms with van der Waals surface area (Å²) in [6, 6.07) is 17.9. The first-order chi connectivity index (χ1) is 8.92. The number of hydrogen-bond acceptors (Lipinski definition) is 2. The number of benzene rings is 2. The fourth-order valence-corrected chi connectivity index (χ4v) is 3.33. The summed E-state index contributed by atoms with van der Waals surface area (Å²) in [6.45, 7) is 3.70. The molecule has 0 aliphatic carbocycles. The Hall–Kier alpha value is -1.65. The molecule has 0 fully saturated rings. The lowest BCUT2D eigenvalue weighted by Crippen LogP contribution is -2.40. The van der Waals surface area contributed by atoms with Crippen LogP contribution in [0.3, 0.4) is 0 Å². The van der Waals surface area contributed by atoms with Crippen LogP contribution in [0.1, 0.15) is 19.4 Å².